The number of nitrogens with one attached hydrogen (secondary N) is 1. The zero-order valence-corrected chi connectivity index (χ0v) is 12.4. The van der Waals surface area contributed by atoms with E-state index in [1.165, 1.54) is 12.8 Å². The summed E-state index contributed by atoms with van der Waals surface area (Å²) in [6.07, 6.45) is 3.53. The molecule has 3 N–H and O–H groups in total. The summed E-state index contributed by atoms with van der Waals surface area (Å²) >= 11 is 0. The molecule has 0 heterocycles. The van der Waals surface area contributed by atoms with Crippen LogP contribution in [0.5, 0.6) is 0 Å². The highest BCUT2D eigenvalue weighted by molar-refractivity contribution is 5.99. The molecule has 1 aromatic rings. The lowest BCUT2D eigenvalue weighted by Gasteiger charge is -2.34. The average molecular weight is 283 g/mol. The molecule has 2 rings (SSSR count). The molecule has 3 nitrogen and oxygen atoms in total. The van der Waals surface area contributed by atoms with Crippen LogP contribution in [-0.4, -0.2) is 11.9 Å². The van der Waals surface area contributed by atoms with Crippen molar-refractivity contribution in [3.8, 4) is 0 Å². The number of para-hydroxylation sites is 1. The van der Waals surface area contributed by atoms with Crippen LogP contribution in [-0.2, 0) is 0 Å². The summed E-state index contributed by atoms with van der Waals surface area (Å²) in [6, 6.07) is 7.51. The summed E-state index contributed by atoms with van der Waals surface area (Å²) in [5.74, 6) is 1.17. The summed E-state index contributed by atoms with van der Waals surface area (Å²) in [7, 11) is 0. The van der Waals surface area contributed by atoms with Crippen molar-refractivity contribution in [2.24, 2.45) is 11.8 Å². The molecule has 1 amide bonds. The third-order valence-electron chi connectivity index (χ3n) is 4.23. The van der Waals surface area contributed by atoms with E-state index in [-0.39, 0.29) is 24.4 Å². The van der Waals surface area contributed by atoms with Gasteiger partial charge in [0.25, 0.3) is 5.91 Å². The van der Waals surface area contributed by atoms with Gasteiger partial charge in [-0.2, -0.15) is 0 Å². The molecule has 19 heavy (non-hydrogen) atoms. The van der Waals surface area contributed by atoms with Crippen LogP contribution in [0.15, 0.2) is 24.3 Å². The molecule has 1 aliphatic carbocycles. The van der Waals surface area contributed by atoms with Crippen LogP contribution in [0.2, 0.25) is 0 Å². The molecule has 0 aromatic heterocycles. The van der Waals surface area contributed by atoms with Crippen LogP contribution in [0.3, 0.4) is 0 Å². The molecule has 1 aromatic carbocycles. The number of anilines is 1. The van der Waals surface area contributed by atoms with Crippen molar-refractivity contribution in [2.45, 2.75) is 39.2 Å². The molecule has 0 bridgehead atoms. The number of hydrogen-bond donors (Lipinski definition) is 2. The van der Waals surface area contributed by atoms with Crippen molar-refractivity contribution in [1.29, 1.82) is 0 Å². The number of carbonyl (C=O) groups excluding carboxylic acids is 1. The van der Waals surface area contributed by atoms with Gasteiger partial charge < -0.3 is 11.1 Å². The van der Waals surface area contributed by atoms with Gasteiger partial charge in [-0.05, 0) is 30.4 Å². The molecule has 1 aliphatic rings. The second-order valence-electron chi connectivity index (χ2n) is 5.43. The van der Waals surface area contributed by atoms with Crippen LogP contribution in [0.1, 0.15) is 43.5 Å². The largest absolute Gasteiger partial charge is 0.398 e. The van der Waals surface area contributed by atoms with Gasteiger partial charge >= 0.3 is 0 Å². The van der Waals surface area contributed by atoms with Gasteiger partial charge in [0.2, 0.25) is 0 Å². The summed E-state index contributed by atoms with van der Waals surface area (Å²) in [5.41, 5.74) is 6.96. The van der Waals surface area contributed by atoms with Crippen molar-refractivity contribution in [1.82, 2.24) is 5.32 Å². The molecular formula is C15H23ClN2O. The summed E-state index contributed by atoms with van der Waals surface area (Å²) < 4.78 is 0. The fourth-order valence-corrected chi connectivity index (χ4v) is 2.74. The highest BCUT2D eigenvalue weighted by atomic mass is 35.5. The number of rotatable bonds is 2. The number of hydrogen-bond acceptors (Lipinski definition) is 2. The molecule has 1 saturated carbocycles. The summed E-state index contributed by atoms with van der Waals surface area (Å²) in [4.78, 5) is 12.2. The molecule has 0 radical (unpaired) electrons. The number of benzene rings is 1. The van der Waals surface area contributed by atoms with E-state index in [1.54, 1.807) is 12.1 Å². The normalized spacial score (nSPS) is 26.3. The highest BCUT2D eigenvalue weighted by Gasteiger charge is 2.28. The minimum atomic E-state index is -0.0425. The van der Waals surface area contributed by atoms with Crippen LogP contribution >= 0.6 is 12.4 Å². The maximum atomic E-state index is 12.2. The molecule has 106 valence electrons. The lowest BCUT2D eigenvalue weighted by molar-refractivity contribution is 0.0892. The maximum absolute atomic E-state index is 12.2. The van der Waals surface area contributed by atoms with Crippen LogP contribution in [0, 0.1) is 11.8 Å². The average Bonchev–Trinajstić information content (AvgIpc) is 2.35. The fraction of sp³-hybridized carbons (Fsp3) is 0.533. The number of halogens is 1. The van der Waals surface area contributed by atoms with E-state index in [0.29, 0.717) is 23.1 Å². The molecule has 0 aliphatic heterocycles. The Balaban J connectivity index is 0.00000180. The number of carbonyl (C=O) groups is 1. The van der Waals surface area contributed by atoms with Crippen molar-refractivity contribution in [3.63, 3.8) is 0 Å². The zero-order valence-electron chi connectivity index (χ0n) is 11.6. The Hall–Kier alpha value is -1.22. The summed E-state index contributed by atoms with van der Waals surface area (Å²) in [6.45, 7) is 4.49. The first kappa shape index (κ1) is 15.8. The minimum absolute atomic E-state index is 0. The van der Waals surface area contributed by atoms with E-state index in [0.717, 1.165) is 6.42 Å². The molecule has 3 atom stereocenters. The summed E-state index contributed by atoms with van der Waals surface area (Å²) in [5, 5.41) is 3.14. The van der Waals surface area contributed by atoms with Gasteiger partial charge in [0.05, 0.1) is 5.56 Å². The smallest absolute Gasteiger partial charge is 0.253 e. The second kappa shape index (κ2) is 6.80. The molecule has 0 spiro atoms. The topological polar surface area (TPSA) is 55.1 Å². The number of nitrogen functional groups attached to an aromatic ring is 1. The van der Waals surface area contributed by atoms with Gasteiger partial charge in [-0.1, -0.05) is 38.8 Å². The second-order valence-corrected chi connectivity index (χ2v) is 5.43. The third kappa shape index (κ3) is 3.63. The van der Waals surface area contributed by atoms with Gasteiger partial charge in [0, 0.05) is 11.7 Å². The van der Waals surface area contributed by atoms with Crippen LogP contribution < -0.4 is 11.1 Å². The van der Waals surface area contributed by atoms with Gasteiger partial charge in [0.1, 0.15) is 0 Å². The van der Waals surface area contributed by atoms with Gasteiger partial charge in [-0.3, -0.25) is 4.79 Å². The minimum Gasteiger partial charge on any atom is -0.398 e. The van der Waals surface area contributed by atoms with Gasteiger partial charge in [-0.15, -0.1) is 12.4 Å². The Kier molecular flexibility index (Phi) is 5.67. The first-order chi connectivity index (χ1) is 8.59. The van der Waals surface area contributed by atoms with E-state index in [2.05, 4.69) is 19.2 Å². The quantitative estimate of drug-likeness (QED) is 0.818. The highest BCUT2D eigenvalue weighted by Crippen LogP contribution is 2.29. The standard InChI is InChI=1S/C15H22N2O.ClH/c1-10-6-5-9-14(11(10)2)17-15(18)12-7-3-4-8-13(12)16;/h3-4,7-8,10-11,14H,5-6,9,16H2,1-2H3,(H,17,18);1H. The first-order valence-electron chi connectivity index (χ1n) is 6.75. The van der Waals surface area contributed by atoms with E-state index < -0.39 is 0 Å². The maximum Gasteiger partial charge on any atom is 0.253 e. The predicted octanol–water partition coefficient (Wildman–Crippen LogP) is 3.25. The molecular weight excluding hydrogens is 260 g/mol. The third-order valence-corrected chi connectivity index (χ3v) is 4.23. The van der Waals surface area contributed by atoms with Crippen molar-refractivity contribution < 1.29 is 4.79 Å². The lowest BCUT2D eigenvalue weighted by Crippen LogP contribution is -2.43. The van der Waals surface area contributed by atoms with E-state index in [1.807, 2.05) is 12.1 Å². The van der Waals surface area contributed by atoms with E-state index >= 15 is 0 Å². The van der Waals surface area contributed by atoms with Gasteiger partial charge in [-0.25, -0.2) is 0 Å². The Morgan fingerprint density at radius 3 is 2.63 bits per heavy atom. The Labute approximate surface area is 121 Å². The monoisotopic (exact) mass is 282 g/mol. The number of amides is 1. The molecule has 1 fully saturated rings. The first-order valence-corrected chi connectivity index (χ1v) is 6.75. The Bertz CT molecular complexity index is 436. The fourth-order valence-electron chi connectivity index (χ4n) is 2.74. The SMILES string of the molecule is CC1CCCC(NC(=O)c2ccccc2N)C1C.Cl. The molecule has 3 unspecified atom stereocenters. The van der Waals surface area contributed by atoms with E-state index in [9.17, 15) is 4.79 Å². The van der Waals surface area contributed by atoms with E-state index in [4.69, 9.17) is 5.73 Å². The predicted molar refractivity (Wildman–Crippen MR) is 81.5 cm³/mol. The Morgan fingerprint density at radius 2 is 1.95 bits per heavy atom. The molecule has 4 heteroatoms. The van der Waals surface area contributed by atoms with Crippen molar-refractivity contribution in [2.75, 3.05) is 5.73 Å². The van der Waals surface area contributed by atoms with Crippen LogP contribution in [0.25, 0.3) is 0 Å². The number of nitrogens with two attached hydrogens (primary N) is 1. The zero-order chi connectivity index (χ0) is 13.1. The Morgan fingerprint density at radius 1 is 1.26 bits per heavy atom. The van der Waals surface area contributed by atoms with Crippen molar-refractivity contribution >= 4 is 24.0 Å². The van der Waals surface area contributed by atoms with Crippen molar-refractivity contribution in [3.05, 3.63) is 29.8 Å². The molecule has 0 saturated heterocycles. The van der Waals surface area contributed by atoms with Crippen LogP contribution in [0.4, 0.5) is 5.69 Å². The lowest BCUT2D eigenvalue weighted by atomic mass is 9.78. The van der Waals surface area contributed by atoms with Gasteiger partial charge in [0.15, 0.2) is 0 Å².